The van der Waals surface area contributed by atoms with Crippen LogP contribution in [0.5, 0.6) is 0 Å². The zero-order valence-electron chi connectivity index (χ0n) is 17.1. The second kappa shape index (κ2) is 8.10. The Morgan fingerprint density at radius 3 is 2.80 bits per heavy atom. The van der Waals surface area contributed by atoms with Gasteiger partial charge in [-0.15, -0.1) is 0 Å². The van der Waals surface area contributed by atoms with Crippen LogP contribution < -0.4 is 5.32 Å². The van der Waals surface area contributed by atoms with Gasteiger partial charge in [0.25, 0.3) is 5.91 Å². The van der Waals surface area contributed by atoms with Crippen LogP contribution in [0, 0.1) is 5.82 Å². The molecular formula is C24H27FN2O3. The molecule has 2 aromatic rings. The number of morpholine rings is 1. The molecule has 2 saturated heterocycles. The normalized spacial score (nSPS) is 31.0. The maximum atomic E-state index is 13.6. The van der Waals surface area contributed by atoms with Crippen LogP contribution in [0.4, 0.5) is 4.39 Å². The van der Waals surface area contributed by atoms with Crippen molar-refractivity contribution in [1.29, 1.82) is 0 Å². The first kappa shape index (κ1) is 19.7. The Balaban J connectivity index is 1.42. The van der Waals surface area contributed by atoms with Gasteiger partial charge in [-0.25, -0.2) is 4.39 Å². The van der Waals surface area contributed by atoms with Gasteiger partial charge >= 0.3 is 0 Å². The number of carbonyl (C=O) groups excluding carboxylic acids is 1. The SMILES string of the molecule is C[C@@H]1CN[C@H]2C[C@H](C(=O)N3CCc4ccccc4[C@@H]3c3ccc(F)cc3)OC[C@@H]2O1. The zero-order chi connectivity index (χ0) is 20.7. The zero-order valence-corrected chi connectivity index (χ0v) is 17.1. The van der Waals surface area contributed by atoms with Crippen LogP contribution in [-0.4, -0.2) is 54.9 Å². The molecule has 0 radical (unpaired) electrons. The highest BCUT2D eigenvalue weighted by molar-refractivity contribution is 5.82. The van der Waals surface area contributed by atoms with Crippen LogP contribution >= 0.6 is 0 Å². The number of rotatable bonds is 2. The first-order valence-corrected chi connectivity index (χ1v) is 10.7. The number of benzene rings is 2. The average molecular weight is 410 g/mol. The van der Waals surface area contributed by atoms with Gasteiger partial charge in [-0.1, -0.05) is 36.4 Å². The van der Waals surface area contributed by atoms with Gasteiger partial charge in [0.2, 0.25) is 0 Å². The lowest BCUT2D eigenvalue weighted by atomic mass is 9.87. The number of carbonyl (C=O) groups is 1. The van der Waals surface area contributed by atoms with Gasteiger partial charge in [0.05, 0.1) is 24.9 Å². The number of halogens is 1. The van der Waals surface area contributed by atoms with E-state index in [0.29, 0.717) is 19.6 Å². The Morgan fingerprint density at radius 2 is 1.97 bits per heavy atom. The number of hydrogen-bond donors (Lipinski definition) is 1. The van der Waals surface area contributed by atoms with Crippen LogP contribution in [0.25, 0.3) is 0 Å². The van der Waals surface area contributed by atoms with E-state index in [4.69, 9.17) is 9.47 Å². The minimum absolute atomic E-state index is 0.00213. The molecule has 2 aromatic carbocycles. The summed E-state index contributed by atoms with van der Waals surface area (Å²) in [4.78, 5) is 15.5. The van der Waals surface area contributed by atoms with E-state index >= 15 is 0 Å². The van der Waals surface area contributed by atoms with Crippen molar-refractivity contribution in [3.8, 4) is 0 Å². The molecule has 6 heteroatoms. The summed E-state index contributed by atoms with van der Waals surface area (Å²) >= 11 is 0. The molecule has 0 aromatic heterocycles. The van der Waals surface area contributed by atoms with E-state index in [1.165, 1.54) is 17.7 Å². The second-order valence-corrected chi connectivity index (χ2v) is 8.49. The fraction of sp³-hybridized carbons (Fsp3) is 0.458. The molecule has 30 heavy (non-hydrogen) atoms. The number of nitrogens with zero attached hydrogens (tertiary/aromatic N) is 1. The van der Waals surface area contributed by atoms with Crippen LogP contribution in [-0.2, 0) is 20.7 Å². The molecule has 3 aliphatic heterocycles. The molecular weight excluding hydrogens is 383 g/mol. The third-order valence-electron chi connectivity index (χ3n) is 6.48. The molecule has 0 bridgehead atoms. The summed E-state index contributed by atoms with van der Waals surface area (Å²) in [5.74, 6) is -0.280. The summed E-state index contributed by atoms with van der Waals surface area (Å²) in [6.07, 6.45) is 1.06. The van der Waals surface area contributed by atoms with Crippen LogP contribution in [0.1, 0.15) is 36.1 Å². The summed E-state index contributed by atoms with van der Waals surface area (Å²) in [5.41, 5.74) is 3.25. The molecule has 0 unspecified atom stereocenters. The fourth-order valence-electron chi connectivity index (χ4n) is 4.96. The molecule has 0 spiro atoms. The monoisotopic (exact) mass is 410 g/mol. The number of nitrogens with one attached hydrogen (secondary N) is 1. The molecule has 3 aliphatic rings. The Kier molecular flexibility index (Phi) is 5.31. The van der Waals surface area contributed by atoms with E-state index in [2.05, 4.69) is 17.4 Å². The molecule has 1 N–H and O–H groups in total. The van der Waals surface area contributed by atoms with Gasteiger partial charge in [0.15, 0.2) is 0 Å². The lowest BCUT2D eigenvalue weighted by Gasteiger charge is -2.44. The number of ether oxygens (including phenoxy) is 2. The van der Waals surface area contributed by atoms with Crippen molar-refractivity contribution in [3.63, 3.8) is 0 Å². The first-order chi connectivity index (χ1) is 14.6. The van der Waals surface area contributed by atoms with E-state index in [1.54, 1.807) is 12.1 Å². The Morgan fingerprint density at radius 1 is 1.17 bits per heavy atom. The maximum absolute atomic E-state index is 13.6. The molecule has 0 aliphatic carbocycles. The van der Waals surface area contributed by atoms with Crippen molar-refractivity contribution in [2.24, 2.45) is 0 Å². The number of fused-ring (bicyclic) bond motifs is 2. The predicted octanol–water partition coefficient (Wildman–Crippen LogP) is 2.83. The minimum atomic E-state index is -0.496. The highest BCUT2D eigenvalue weighted by Gasteiger charge is 2.42. The van der Waals surface area contributed by atoms with Gasteiger partial charge in [-0.05, 0) is 42.2 Å². The van der Waals surface area contributed by atoms with E-state index in [1.807, 2.05) is 24.0 Å². The van der Waals surface area contributed by atoms with Crippen molar-refractivity contribution in [1.82, 2.24) is 10.2 Å². The highest BCUT2D eigenvalue weighted by atomic mass is 19.1. The summed E-state index contributed by atoms with van der Waals surface area (Å²) in [6.45, 7) is 3.87. The van der Waals surface area contributed by atoms with Crippen molar-refractivity contribution in [3.05, 3.63) is 71.0 Å². The minimum Gasteiger partial charge on any atom is -0.370 e. The summed E-state index contributed by atoms with van der Waals surface area (Å²) in [7, 11) is 0. The summed E-state index contributed by atoms with van der Waals surface area (Å²) in [6, 6.07) is 14.6. The molecule has 158 valence electrons. The van der Waals surface area contributed by atoms with Gasteiger partial charge < -0.3 is 19.7 Å². The molecule has 1 amide bonds. The average Bonchev–Trinajstić information content (AvgIpc) is 2.78. The quantitative estimate of drug-likeness (QED) is 0.827. The van der Waals surface area contributed by atoms with Gasteiger partial charge in [-0.3, -0.25) is 4.79 Å². The molecule has 5 nitrogen and oxygen atoms in total. The largest absolute Gasteiger partial charge is 0.370 e. The Labute approximate surface area is 176 Å². The summed E-state index contributed by atoms with van der Waals surface area (Å²) in [5, 5.41) is 3.51. The second-order valence-electron chi connectivity index (χ2n) is 8.49. The highest BCUT2D eigenvalue weighted by Crippen LogP contribution is 2.36. The standard InChI is InChI=1S/C24H27FN2O3/c1-15-13-26-20-12-21(29-14-22(20)30-15)24(28)27-11-10-16-4-2-3-5-19(16)23(27)17-6-8-18(25)9-7-17/h2-9,15,20-23,26H,10-14H2,1H3/t15-,20+,21-,22+,23+/m1/s1. The lowest BCUT2D eigenvalue weighted by Crippen LogP contribution is -2.60. The number of amides is 1. The lowest BCUT2D eigenvalue weighted by molar-refractivity contribution is -0.169. The fourth-order valence-corrected chi connectivity index (χ4v) is 4.96. The van der Waals surface area contributed by atoms with Crippen LogP contribution in [0.2, 0.25) is 0 Å². The molecule has 5 rings (SSSR count). The molecule has 2 fully saturated rings. The third kappa shape index (κ3) is 3.64. The van der Waals surface area contributed by atoms with E-state index in [0.717, 1.165) is 24.1 Å². The van der Waals surface area contributed by atoms with Gasteiger partial charge in [0, 0.05) is 25.6 Å². The van der Waals surface area contributed by atoms with Crippen molar-refractivity contribution >= 4 is 5.91 Å². The van der Waals surface area contributed by atoms with Crippen molar-refractivity contribution < 1.29 is 18.7 Å². The van der Waals surface area contributed by atoms with Gasteiger partial charge in [0.1, 0.15) is 11.9 Å². The Bertz CT molecular complexity index is 919. The third-order valence-corrected chi connectivity index (χ3v) is 6.48. The first-order valence-electron chi connectivity index (χ1n) is 10.7. The maximum Gasteiger partial charge on any atom is 0.252 e. The van der Waals surface area contributed by atoms with E-state index < -0.39 is 6.10 Å². The van der Waals surface area contributed by atoms with Crippen LogP contribution in [0.3, 0.4) is 0 Å². The molecule has 5 atom stereocenters. The Hall–Kier alpha value is -2.28. The molecule has 3 heterocycles. The van der Waals surface area contributed by atoms with E-state index in [9.17, 15) is 9.18 Å². The smallest absolute Gasteiger partial charge is 0.252 e. The van der Waals surface area contributed by atoms with E-state index in [-0.39, 0.29) is 36.0 Å². The summed E-state index contributed by atoms with van der Waals surface area (Å²) < 4.78 is 25.5. The van der Waals surface area contributed by atoms with Crippen molar-refractivity contribution in [2.75, 3.05) is 19.7 Å². The number of hydrogen-bond acceptors (Lipinski definition) is 4. The molecule has 0 saturated carbocycles. The van der Waals surface area contributed by atoms with Gasteiger partial charge in [-0.2, -0.15) is 0 Å². The predicted molar refractivity (Wildman–Crippen MR) is 111 cm³/mol. The van der Waals surface area contributed by atoms with Crippen molar-refractivity contribution in [2.45, 2.75) is 50.2 Å². The van der Waals surface area contributed by atoms with Crippen LogP contribution in [0.15, 0.2) is 48.5 Å². The topological polar surface area (TPSA) is 50.8 Å².